The van der Waals surface area contributed by atoms with E-state index in [1.165, 1.54) is 0 Å². The van der Waals surface area contributed by atoms with Crippen molar-refractivity contribution in [3.8, 4) is 0 Å². The van der Waals surface area contributed by atoms with Crippen molar-refractivity contribution in [3.05, 3.63) is 0 Å². The molecule has 0 rings (SSSR count). The van der Waals surface area contributed by atoms with Gasteiger partial charge in [0, 0.05) is 0 Å². The Morgan fingerprint density at radius 3 is 2.50 bits per heavy atom. The van der Waals surface area contributed by atoms with Crippen molar-refractivity contribution in [1.82, 2.24) is 8.99 Å². The van der Waals surface area contributed by atoms with E-state index >= 15 is 0 Å². The summed E-state index contributed by atoms with van der Waals surface area (Å²) in [6.45, 7) is 0. The third-order valence-corrected chi connectivity index (χ3v) is 2.18. The first-order chi connectivity index (χ1) is 3.72. The molecule has 0 saturated carbocycles. The summed E-state index contributed by atoms with van der Waals surface area (Å²) in [6.07, 6.45) is 0. The molecule has 0 unspecified atom stereocenters. The van der Waals surface area contributed by atoms with Crippen molar-refractivity contribution < 1.29 is 22.6 Å². The van der Waals surface area contributed by atoms with Gasteiger partial charge in [0.15, 0.2) is 0 Å². The van der Waals surface area contributed by atoms with Crippen molar-refractivity contribution in [2.24, 2.45) is 11.7 Å². The van der Waals surface area contributed by atoms with Gasteiger partial charge in [-0.05, 0) is 0 Å². The molecule has 0 aliphatic heterocycles. The van der Waals surface area contributed by atoms with E-state index in [0.717, 1.165) is 3.57 Å². The zero-order valence-electron chi connectivity index (χ0n) is 3.70. The predicted molar refractivity (Wildman–Crippen MR) is 24.6 cm³/mol. The minimum absolute atomic E-state index is 0.562. The zero-order chi connectivity index (χ0) is 6.57. The first kappa shape index (κ1) is 8.17. The molecular formula is CH5ClN4OPt. The van der Waals surface area contributed by atoms with E-state index in [1.54, 1.807) is 0 Å². The summed E-state index contributed by atoms with van der Waals surface area (Å²) in [7, 11) is 5.22. The van der Waals surface area contributed by atoms with E-state index in [2.05, 4.69) is 5.84 Å². The van der Waals surface area contributed by atoms with Crippen LogP contribution < -0.4 is 17.1 Å². The van der Waals surface area contributed by atoms with Crippen molar-refractivity contribution >= 4 is 15.4 Å². The summed E-state index contributed by atoms with van der Waals surface area (Å²) in [6, 6.07) is -0.562. The molecule has 5 nitrogen and oxygen atoms in total. The van der Waals surface area contributed by atoms with Crippen LogP contribution >= 0.6 is 9.42 Å². The molecule has 8 heavy (non-hydrogen) atoms. The van der Waals surface area contributed by atoms with Crippen LogP contribution in [0.1, 0.15) is 0 Å². The first-order valence-corrected chi connectivity index (χ1v) is 5.32. The molecule has 7 heteroatoms. The maximum absolute atomic E-state index is 10.3. The number of rotatable bonds is 1. The Balaban J connectivity index is 3.46. The fraction of sp³-hybridized carbons (Fsp3) is 0. The molecule has 0 aromatic carbocycles. The van der Waals surface area contributed by atoms with Crippen LogP contribution in [0.3, 0.4) is 0 Å². The number of carbonyl (C=O) groups is 1. The molecule has 5 N–H and O–H groups in total. The average molecular weight is 320 g/mol. The molecule has 0 bridgehead atoms. The number of nitrogens with two attached hydrogens (primary N) is 2. The normalized spacial score (nSPS) is 8.88. The van der Waals surface area contributed by atoms with Gasteiger partial charge in [0.2, 0.25) is 0 Å². The van der Waals surface area contributed by atoms with Gasteiger partial charge in [0.25, 0.3) is 0 Å². The van der Waals surface area contributed by atoms with Crippen LogP contribution in [0.5, 0.6) is 0 Å². The predicted octanol–water partition coefficient (Wildman–Crippen LogP) is -1.10. The summed E-state index contributed by atoms with van der Waals surface area (Å²) in [5.74, 6) is 9.67. The van der Waals surface area contributed by atoms with Gasteiger partial charge in [-0.1, -0.05) is 0 Å². The molecule has 0 heterocycles. The second-order valence-corrected chi connectivity index (χ2v) is 3.14. The zero-order valence-corrected chi connectivity index (χ0v) is 6.73. The molecule has 52 valence electrons. The van der Waals surface area contributed by atoms with Crippen LogP contribution in [0.15, 0.2) is 0 Å². The van der Waals surface area contributed by atoms with Crippen molar-refractivity contribution in [1.29, 1.82) is 0 Å². The van der Waals surface area contributed by atoms with Gasteiger partial charge in [0.05, 0.1) is 0 Å². The quantitative estimate of drug-likeness (QED) is 0.326. The van der Waals surface area contributed by atoms with E-state index in [9.17, 15) is 4.79 Å². The van der Waals surface area contributed by atoms with Crippen molar-refractivity contribution in [3.63, 3.8) is 0 Å². The molecular weight excluding hydrogens is 315 g/mol. The van der Waals surface area contributed by atoms with Crippen LogP contribution in [0.4, 0.5) is 4.79 Å². The van der Waals surface area contributed by atoms with E-state index in [-0.39, 0.29) is 0 Å². The van der Waals surface area contributed by atoms with Crippen molar-refractivity contribution in [2.45, 2.75) is 0 Å². The van der Waals surface area contributed by atoms with Gasteiger partial charge in [-0.25, -0.2) is 0 Å². The SMILES string of the molecule is NNC(=O)[N](N)[Pt][Cl]. The third-order valence-electron chi connectivity index (χ3n) is 0.363. The number of halogens is 1. The molecule has 2 amide bonds. The minimum atomic E-state index is -0.919. The standard InChI is InChI=1S/CH6N4O.ClH.Pt/c2-4-1(6)5-3;;/h2-3H2,(H2,4,5,6);1H;/q;;+2/p-2. The number of nitrogens with one attached hydrogen (secondary N) is 1. The summed E-state index contributed by atoms with van der Waals surface area (Å²) < 4.78 is 0.849. The van der Waals surface area contributed by atoms with E-state index in [0.29, 0.717) is 0 Å². The molecule has 0 spiro atoms. The molecule has 0 aliphatic carbocycles. The van der Waals surface area contributed by atoms with Gasteiger partial charge in [-0.3, -0.25) is 0 Å². The third kappa shape index (κ3) is 2.47. The summed E-state index contributed by atoms with van der Waals surface area (Å²) >= 11 is -0.919. The number of hydrogen-bond donors (Lipinski definition) is 3. The number of amides is 2. The molecule has 0 radical (unpaired) electrons. The molecule has 0 fully saturated rings. The Bertz CT molecular complexity index is 88.1. The van der Waals surface area contributed by atoms with Gasteiger partial charge in [-0.15, -0.1) is 0 Å². The average Bonchev–Trinajstić information content (AvgIpc) is 1.84. The van der Waals surface area contributed by atoms with Crippen molar-refractivity contribution in [2.75, 3.05) is 0 Å². The maximum atomic E-state index is 10.3. The topological polar surface area (TPSA) is 84.4 Å². The molecule has 0 aliphatic rings. The molecule has 0 saturated heterocycles. The Hall–Kier alpha value is 0.168. The molecule has 0 atom stereocenters. The second kappa shape index (κ2) is 4.09. The van der Waals surface area contributed by atoms with Gasteiger partial charge in [-0.2, -0.15) is 0 Å². The van der Waals surface area contributed by atoms with E-state index in [1.807, 2.05) is 5.43 Å². The number of urea groups is 1. The Morgan fingerprint density at radius 2 is 2.38 bits per heavy atom. The summed E-state index contributed by atoms with van der Waals surface area (Å²) in [4.78, 5) is 10.3. The van der Waals surface area contributed by atoms with Gasteiger partial charge >= 0.3 is 58.7 Å². The number of hydrazine groups is 2. The fourth-order valence-electron chi connectivity index (χ4n) is 0.0820. The van der Waals surface area contributed by atoms with Crippen LogP contribution in [-0.2, 0) is 17.8 Å². The van der Waals surface area contributed by atoms with Crippen LogP contribution in [0, 0.1) is 0 Å². The second-order valence-electron chi connectivity index (χ2n) is 0.784. The molecule has 0 aromatic rings. The van der Waals surface area contributed by atoms with E-state index in [4.69, 9.17) is 15.3 Å². The Morgan fingerprint density at radius 1 is 1.88 bits per heavy atom. The number of nitrogens with zero attached hydrogens (tertiary/aromatic N) is 1. The Kier molecular flexibility index (Phi) is 4.17. The van der Waals surface area contributed by atoms with Crippen LogP contribution in [0.2, 0.25) is 0 Å². The van der Waals surface area contributed by atoms with Crippen LogP contribution in [-0.4, -0.2) is 9.60 Å². The first-order valence-electron chi connectivity index (χ1n) is 1.49. The van der Waals surface area contributed by atoms with Crippen LogP contribution in [0.25, 0.3) is 0 Å². The van der Waals surface area contributed by atoms with E-state index < -0.39 is 23.8 Å². The molecule has 0 aromatic heterocycles. The number of carbonyl (C=O) groups excluding carboxylic acids is 1. The fourth-order valence-corrected chi connectivity index (χ4v) is 0.800. The summed E-state index contributed by atoms with van der Waals surface area (Å²) in [5.41, 5.74) is 1.82. The van der Waals surface area contributed by atoms with Gasteiger partial charge < -0.3 is 0 Å². The summed E-state index contributed by atoms with van der Waals surface area (Å²) in [5, 5.41) is 0. The Labute approximate surface area is 59.0 Å². The monoisotopic (exact) mass is 319 g/mol. The van der Waals surface area contributed by atoms with Gasteiger partial charge in [0.1, 0.15) is 0 Å². The number of hydrogen-bond acceptors (Lipinski definition) is 3.